The summed E-state index contributed by atoms with van der Waals surface area (Å²) in [4.78, 5) is 45.6. The van der Waals surface area contributed by atoms with E-state index in [1.807, 2.05) is 0 Å². The molecule has 1 aromatic carbocycles. The van der Waals surface area contributed by atoms with E-state index in [0.717, 1.165) is 12.1 Å². The molecule has 0 saturated heterocycles. The molecule has 34 heavy (non-hydrogen) atoms. The third-order valence-electron chi connectivity index (χ3n) is 4.29. The SMILES string of the molecule is CC(=O)OC(=O)[C@H](O)[C@](O)(OC(C)=O)[C@@](O)(OC(C)=O)[C@H](O)C(O)S(=O)(=O)c1ccc(C)cc1. The Bertz CT molecular complexity index is 1050. The Hall–Kier alpha value is -2.95. The van der Waals surface area contributed by atoms with Crippen LogP contribution in [0.1, 0.15) is 26.3 Å². The van der Waals surface area contributed by atoms with Gasteiger partial charge in [0.15, 0.2) is 11.5 Å². The molecule has 0 heterocycles. The molecule has 0 aromatic heterocycles. The van der Waals surface area contributed by atoms with Crippen LogP contribution in [-0.4, -0.2) is 87.0 Å². The van der Waals surface area contributed by atoms with Gasteiger partial charge in [-0.1, -0.05) is 17.7 Å². The van der Waals surface area contributed by atoms with Gasteiger partial charge in [0, 0.05) is 20.8 Å². The van der Waals surface area contributed by atoms with Crippen LogP contribution in [0, 0.1) is 6.92 Å². The molecule has 0 amide bonds. The molecule has 0 bridgehead atoms. The second kappa shape index (κ2) is 10.5. The molecule has 5 N–H and O–H groups in total. The summed E-state index contributed by atoms with van der Waals surface area (Å²) in [6.07, 6.45) is -6.56. The molecule has 14 nitrogen and oxygen atoms in total. The first kappa shape index (κ1) is 29.1. The minimum absolute atomic E-state index is 0.576. The number of carbonyl (C=O) groups excluding carboxylic acids is 4. The zero-order valence-corrected chi connectivity index (χ0v) is 19.2. The maximum absolute atomic E-state index is 12.8. The first-order chi connectivity index (χ1) is 15.4. The van der Waals surface area contributed by atoms with E-state index in [0.29, 0.717) is 26.3 Å². The summed E-state index contributed by atoms with van der Waals surface area (Å²) in [6.45, 7) is 3.46. The van der Waals surface area contributed by atoms with Gasteiger partial charge in [0.25, 0.3) is 0 Å². The third-order valence-corrected chi connectivity index (χ3v) is 6.11. The molecule has 0 aliphatic heterocycles. The van der Waals surface area contributed by atoms with Gasteiger partial charge in [-0.3, -0.25) is 14.4 Å². The van der Waals surface area contributed by atoms with Crippen LogP contribution in [0.2, 0.25) is 0 Å². The number of benzene rings is 1. The van der Waals surface area contributed by atoms with Crippen molar-refractivity contribution < 1.29 is 67.3 Å². The van der Waals surface area contributed by atoms with E-state index in [9.17, 15) is 53.1 Å². The Balaban J connectivity index is 3.70. The minimum Gasteiger partial charge on any atom is -0.423 e. The minimum atomic E-state index is -4.98. The van der Waals surface area contributed by atoms with Gasteiger partial charge in [-0.25, -0.2) is 13.2 Å². The summed E-state index contributed by atoms with van der Waals surface area (Å²) in [5.74, 6) is -14.9. The highest BCUT2D eigenvalue weighted by Gasteiger charge is 2.69. The molecule has 0 aliphatic rings. The molecule has 190 valence electrons. The van der Waals surface area contributed by atoms with Gasteiger partial charge in [0.05, 0.1) is 4.90 Å². The number of esters is 4. The van der Waals surface area contributed by atoms with Crippen molar-refractivity contribution in [2.45, 2.75) is 61.8 Å². The smallest absolute Gasteiger partial charge is 0.349 e. The highest BCUT2D eigenvalue weighted by atomic mass is 32.2. The molecule has 1 rings (SSSR count). The van der Waals surface area contributed by atoms with Crippen molar-refractivity contribution in [3.63, 3.8) is 0 Å². The second-order valence-corrected chi connectivity index (χ2v) is 9.13. The van der Waals surface area contributed by atoms with Crippen molar-refractivity contribution in [1.29, 1.82) is 0 Å². The van der Waals surface area contributed by atoms with Crippen molar-refractivity contribution in [2.75, 3.05) is 0 Å². The zero-order chi connectivity index (χ0) is 26.6. The van der Waals surface area contributed by atoms with E-state index < -0.39 is 67.8 Å². The van der Waals surface area contributed by atoms with Gasteiger partial charge >= 0.3 is 35.5 Å². The van der Waals surface area contributed by atoms with E-state index in [2.05, 4.69) is 14.2 Å². The maximum Gasteiger partial charge on any atom is 0.349 e. The number of aryl methyl sites for hydroxylation is 1. The first-order valence-electron chi connectivity index (χ1n) is 9.31. The number of sulfone groups is 1. The van der Waals surface area contributed by atoms with Crippen LogP contribution in [0.4, 0.5) is 0 Å². The summed E-state index contributed by atoms with van der Waals surface area (Å²) < 4.78 is 38.3. The monoisotopic (exact) mass is 508 g/mol. The largest absolute Gasteiger partial charge is 0.423 e. The van der Waals surface area contributed by atoms with Crippen molar-refractivity contribution >= 4 is 33.7 Å². The van der Waals surface area contributed by atoms with E-state index >= 15 is 0 Å². The molecule has 0 saturated carbocycles. The van der Waals surface area contributed by atoms with Crippen LogP contribution < -0.4 is 0 Å². The van der Waals surface area contributed by atoms with E-state index in [1.54, 1.807) is 6.92 Å². The van der Waals surface area contributed by atoms with Crippen LogP contribution in [0.15, 0.2) is 29.2 Å². The highest BCUT2D eigenvalue weighted by Crippen LogP contribution is 2.36. The summed E-state index contributed by atoms with van der Waals surface area (Å²) in [5, 5.41) is 52.9. The van der Waals surface area contributed by atoms with Crippen molar-refractivity contribution in [3.05, 3.63) is 29.8 Å². The fourth-order valence-electron chi connectivity index (χ4n) is 2.70. The summed E-state index contributed by atoms with van der Waals surface area (Å²) >= 11 is 0. The predicted octanol–water partition coefficient (Wildman–Crippen LogP) is -2.60. The van der Waals surface area contributed by atoms with Crippen molar-refractivity contribution in [1.82, 2.24) is 0 Å². The van der Waals surface area contributed by atoms with Gasteiger partial charge in [-0.05, 0) is 19.1 Å². The topological polar surface area (TPSA) is 231 Å². The Labute approximate surface area is 193 Å². The first-order valence-corrected chi connectivity index (χ1v) is 10.9. The van der Waals surface area contributed by atoms with Crippen LogP contribution in [0.5, 0.6) is 0 Å². The lowest BCUT2D eigenvalue weighted by molar-refractivity contribution is -0.406. The van der Waals surface area contributed by atoms with Crippen LogP contribution in [0.25, 0.3) is 0 Å². The lowest BCUT2D eigenvalue weighted by atomic mass is 9.93. The molecule has 0 radical (unpaired) electrons. The number of rotatable bonds is 9. The number of ether oxygens (including phenoxy) is 3. The number of hydrogen-bond donors (Lipinski definition) is 5. The van der Waals surface area contributed by atoms with Gasteiger partial charge in [0.2, 0.25) is 15.9 Å². The van der Waals surface area contributed by atoms with Crippen molar-refractivity contribution in [3.8, 4) is 0 Å². The molecule has 15 heteroatoms. The third kappa shape index (κ3) is 5.94. The van der Waals surface area contributed by atoms with Crippen LogP contribution in [-0.2, 0) is 43.2 Å². The molecule has 1 aromatic rings. The Kier molecular flexibility index (Phi) is 9.02. The molecule has 0 aliphatic carbocycles. The molecule has 1 unspecified atom stereocenters. The fraction of sp³-hybridized carbons (Fsp3) is 0.474. The van der Waals surface area contributed by atoms with E-state index in [4.69, 9.17) is 0 Å². The average Bonchev–Trinajstić information content (AvgIpc) is 2.70. The lowest BCUT2D eigenvalue weighted by Gasteiger charge is -2.44. The number of carbonyl (C=O) groups is 4. The fourth-order valence-corrected chi connectivity index (χ4v) is 4.01. The maximum atomic E-state index is 12.8. The van der Waals surface area contributed by atoms with Crippen LogP contribution >= 0.6 is 0 Å². The van der Waals surface area contributed by atoms with Gasteiger partial charge < -0.3 is 39.7 Å². The Morgan fingerprint density at radius 1 is 0.824 bits per heavy atom. The predicted molar refractivity (Wildman–Crippen MR) is 107 cm³/mol. The quantitative estimate of drug-likeness (QED) is 0.0996. The van der Waals surface area contributed by atoms with Crippen LogP contribution in [0.3, 0.4) is 0 Å². The van der Waals surface area contributed by atoms with Crippen molar-refractivity contribution in [2.24, 2.45) is 0 Å². The Morgan fingerprint density at radius 3 is 1.68 bits per heavy atom. The van der Waals surface area contributed by atoms with E-state index in [1.165, 1.54) is 12.1 Å². The standard InChI is InChI=1S/C19H24O14S/c1-9-5-7-13(8-6-9)34(29,30)17(26)15(24)19(28,33-12(4)22)18(27,32-11(3)21)14(23)16(25)31-10(2)20/h5-8,14-15,17,23-24,26-28H,1-4H3/t14-,15+,17?,18-,19-/m0/s1. The summed E-state index contributed by atoms with van der Waals surface area (Å²) in [5.41, 5.74) is -2.49. The van der Waals surface area contributed by atoms with E-state index in [-0.39, 0.29) is 0 Å². The Morgan fingerprint density at radius 2 is 1.26 bits per heavy atom. The molecular formula is C19H24O14S. The summed E-state index contributed by atoms with van der Waals surface area (Å²) in [7, 11) is -4.98. The molecular weight excluding hydrogens is 484 g/mol. The average molecular weight is 508 g/mol. The second-order valence-electron chi connectivity index (χ2n) is 7.09. The van der Waals surface area contributed by atoms with Gasteiger partial charge in [-0.15, -0.1) is 0 Å². The lowest BCUT2D eigenvalue weighted by Crippen LogP contribution is -2.73. The molecule has 0 fully saturated rings. The normalized spacial score (nSPS) is 17.8. The van der Waals surface area contributed by atoms with Gasteiger partial charge in [0.1, 0.15) is 0 Å². The number of aliphatic hydroxyl groups excluding tert-OH is 3. The number of hydrogen-bond acceptors (Lipinski definition) is 14. The highest BCUT2D eigenvalue weighted by molar-refractivity contribution is 7.92. The number of aliphatic hydroxyl groups is 5. The summed E-state index contributed by atoms with van der Waals surface area (Å²) in [6, 6.07) is 4.67. The van der Waals surface area contributed by atoms with Gasteiger partial charge in [-0.2, -0.15) is 0 Å². The molecule has 5 atom stereocenters. The molecule has 0 spiro atoms. The zero-order valence-electron chi connectivity index (χ0n) is 18.4.